The quantitative estimate of drug-likeness (QED) is 0.0168. The highest BCUT2D eigenvalue weighted by molar-refractivity contribution is 7.85. The molecule has 6 rings (SSSR count). The van der Waals surface area contributed by atoms with Gasteiger partial charge in [0.2, 0.25) is 59.5 Å². The van der Waals surface area contributed by atoms with Gasteiger partial charge in [0.15, 0.2) is 0 Å². The SMILES string of the molecule is CC[C@H](C)[C@@H]([C@@H](CC(=O)N1CCC[C@H]1[C@H](OC)[C@@H](C)C(=O)N[C@H](C)[C@@H](O)c1ccccc1)OC)N(C)C(=O)[C@@H](NC(=O)[C@H](C(C)C)N(C)C(=O)OCc1ccc(NC(=O)[C@H](C)NC(=O)[C@@H](NC(=O)CCOCCOCCNC(=O)[C@H](CS(=O)(=O)O)NC(=O)CCn2c(CN(C)NC)cc3cccnc32)C(C)C)c(O[C@H]2O[C@@H](CO)[C@H](O)[C@H](O)[C@H]2O)c1)C(C)C. The number of pyridine rings is 1. The van der Waals surface area contributed by atoms with Crippen molar-refractivity contribution in [2.45, 2.75) is 232 Å². The molecule has 40 heteroatoms. The van der Waals surface area contributed by atoms with Crippen molar-refractivity contribution >= 4 is 86.1 Å². The van der Waals surface area contributed by atoms with E-state index in [9.17, 15) is 86.4 Å². The highest BCUT2D eigenvalue weighted by Gasteiger charge is 2.47. The number of nitrogens with one attached hydrogen (secondary N) is 8. The Balaban J connectivity index is 1.02. The molecule has 14 N–H and O–H groups in total. The van der Waals surface area contributed by atoms with Crippen LogP contribution in [0.2, 0.25) is 0 Å². The molecule has 10 amide bonds. The third-order valence-electron chi connectivity index (χ3n) is 22.4. The zero-order valence-electron chi connectivity index (χ0n) is 74.1. The smallest absolute Gasteiger partial charge is 0.410 e. The zero-order chi connectivity index (χ0) is 92.1. The van der Waals surface area contributed by atoms with Gasteiger partial charge in [-0.15, -0.1) is 0 Å². The van der Waals surface area contributed by atoms with Crippen LogP contribution in [0.25, 0.3) is 11.0 Å². The van der Waals surface area contributed by atoms with Gasteiger partial charge in [-0.25, -0.2) is 14.8 Å². The molecule has 2 aromatic heterocycles. The van der Waals surface area contributed by atoms with E-state index in [-0.39, 0.29) is 93.5 Å². The number of carbonyl (C=O) groups is 10. The lowest BCUT2D eigenvalue weighted by molar-refractivity contribution is -0.277. The van der Waals surface area contributed by atoms with Crippen molar-refractivity contribution in [3.05, 3.63) is 89.7 Å². The number of hydrogen-bond donors (Lipinski definition) is 14. The van der Waals surface area contributed by atoms with Gasteiger partial charge in [0.25, 0.3) is 10.1 Å². The van der Waals surface area contributed by atoms with E-state index in [0.717, 1.165) is 16.0 Å². The average Bonchev–Trinajstić information content (AvgIpc) is 1.49. The number of likely N-dealkylation sites (tertiary alicyclic amines) is 1. The number of aromatic nitrogens is 2. The van der Waals surface area contributed by atoms with Crippen molar-refractivity contribution in [1.82, 2.24) is 66.6 Å². The van der Waals surface area contributed by atoms with Crippen LogP contribution in [0, 0.1) is 29.6 Å². The molecule has 0 radical (unpaired) electrons. The second-order valence-electron chi connectivity index (χ2n) is 32.6. The summed E-state index contributed by atoms with van der Waals surface area (Å²) >= 11 is 0. The number of carbonyl (C=O) groups excluding carboxylic acids is 10. The minimum atomic E-state index is -4.72. The van der Waals surface area contributed by atoms with Crippen LogP contribution in [0.15, 0.2) is 72.9 Å². The van der Waals surface area contributed by atoms with E-state index in [1.807, 2.05) is 48.7 Å². The molecule has 0 aliphatic carbocycles. The van der Waals surface area contributed by atoms with Crippen LogP contribution in [0.4, 0.5) is 10.5 Å². The first-order valence-corrected chi connectivity index (χ1v) is 43.6. The van der Waals surface area contributed by atoms with Gasteiger partial charge in [-0.2, -0.15) is 8.42 Å². The molecule has 4 heterocycles. The number of rotatable bonds is 50. The minimum absolute atomic E-state index is 0.00804. The van der Waals surface area contributed by atoms with E-state index >= 15 is 0 Å². The Labute approximate surface area is 725 Å². The number of hydrazine groups is 1. The number of ether oxygens (including phenoxy) is 7. The molecular weight excluding hydrogens is 1640 g/mol. The predicted molar refractivity (Wildman–Crippen MR) is 455 cm³/mol. The first kappa shape index (κ1) is 104. The van der Waals surface area contributed by atoms with E-state index in [0.29, 0.717) is 43.6 Å². The summed E-state index contributed by atoms with van der Waals surface area (Å²) in [6.45, 7) is 18.2. The largest absolute Gasteiger partial charge is 0.460 e. The van der Waals surface area contributed by atoms with Crippen molar-refractivity contribution in [2.75, 3.05) is 99.6 Å². The monoisotopic (exact) mass is 1770 g/mol. The standard InChI is InChI=1S/C84H132N14O25S/c1-18-50(8)70(62(117-16)42-66(102)98-34-23-27-60(98)75(118-17)51(9)77(107)88-52(10)71(103)55-24-20-19-21-25-55)95(14)82(112)68(48(4)5)93-81(111)69(49(6)7)96(15)84(113)121-45-54-28-29-58(61(40-54)122-83-74(106)73(105)72(104)63(44-99)123-83)91-78(108)53(11)89-80(110)67(47(2)3)92-65(101)31-36-119-38-39-120-37-33-87-79(109)59(46-124(114,115)116)90-64(100)30-35-97-57(43-94(13)85-12)41-56-26-22-32-86-76(56)97/h19-22,24-26,28-29,32,40-41,47-53,59-60,62-63,67-75,83,85,99,103-106H,18,23,27,30-31,33-39,42-46H2,1-17H3,(H,87,109)(H,88,107)(H,89,110)(H,90,100)(H,91,108)(H,92,101)(H,93,111)(H,114,115,116)/t50-,51+,52+,53-,59-,60-,62+,63-,67-,68-,69-,70-,71+,72-,73-,74+,75+,83-/m0/s1. The molecule has 2 saturated heterocycles. The number of nitrogens with zero attached hydrogens (tertiary/aromatic N) is 6. The molecule has 0 unspecified atom stereocenters. The fourth-order valence-electron chi connectivity index (χ4n) is 15.0. The van der Waals surface area contributed by atoms with E-state index < -0.39 is 198 Å². The molecule has 694 valence electrons. The molecule has 39 nitrogen and oxygen atoms in total. The Bertz CT molecular complexity index is 4260. The molecule has 2 fully saturated rings. The Hall–Kier alpha value is -9.14. The number of aliphatic hydroxyl groups is 5. The summed E-state index contributed by atoms with van der Waals surface area (Å²) in [6.07, 6.45) is -9.47. The molecule has 2 aromatic carbocycles. The zero-order valence-corrected chi connectivity index (χ0v) is 74.9. The Morgan fingerprint density at radius 3 is 2.00 bits per heavy atom. The number of aliphatic hydroxyl groups excluding tert-OH is 5. The van der Waals surface area contributed by atoms with Gasteiger partial charge in [-0.05, 0) is 98.9 Å². The summed E-state index contributed by atoms with van der Waals surface area (Å²) in [7, 11) is 4.76. The van der Waals surface area contributed by atoms with Gasteiger partial charge in [0, 0.05) is 85.1 Å². The lowest BCUT2D eigenvalue weighted by atomic mass is 9.89. The number of benzene rings is 2. The van der Waals surface area contributed by atoms with Gasteiger partial charge in [0.05, 0.1) is 94.0 Å². The highest BCUT2D eigenvalue weighted by atomic mass is 32.2. The van der Waals surface area contributed by atoms with Gasteiger partial charge in [-0.3, -0.25) is 58.0 Å². The fraction of sp³-hybridized carbons (Fsp3) is 0.655. The predicted octanol–water partition coefficient (Wildman–Crippen LogP) is 1.26. The summed E-state index contributed by atoms with van der Waals surface area (Å²) in [5.74, 6) is -9.45. The van der Waals surface area contributed by atoms with E-state index in [1.165, 1.54) is 51.3 Å². The van der Waals surface area contributed by atoms with Crippen molar-refractivity contribution in [3.8, 4) is 5.75 Å². The summed E-state index contributed by atoms with van der Waals surface area (Å²) in [4.78, 5) is 148. The van der Waals surface area contributed by atoms with Crippen LogP contribution in [0.5, 0.6) is 5.75 Å². The number of amides is 10. The third-order valence-corrected chi connectivity index (χ3v) is 23.1. The number of fused-ring (bicyclic) bond motifs is 1. The average molecular weight is 1770 g/mol. The van der Waals surface area contributed by atoms with E-state index in [4.69, 9.17) is 33.2 Å². The number of anilines is 1. The van der Waals surface area contributed by atoms with Crippen LogP contribution in [-0.4, -0.2) is 313 Å². The summed E-state index contributed by atoms with van der Waals surface area (Å²) < 4.78 is 75.9. The summed E-state index contributed by atoms with van der Waals surface area (Å²) in [5.41, 5.74) is 5.20. The van der Waals surface area contributed by atoms with Crippen LogP contribution in [-0.2, 0) is 101 Å². The summed E-state index contributed by atoms with van der Waals surface area (Å²) in [5, 5.41) is 74.6. The van der Waals surface area contributed by atoms with Gasteiger partial charge in [-0.1, -0.05) is 105 Å². The van der Waals surface area contributed by atoms with Gasteiger partial charge in [0.1, 0.15) is 78.4 Å². The molecular formula is C84H132N14O25S. The molecule has 2 aliphatic heterocycles. The molecule has 4 aromatic rings. The van der Waals surface area contributed by atoms with Crippen LogP contribution in [0.3, 0.4) is 0 Å². The van der Waals surface area contributed by atoms with Crippen molar-refractivity contribution in [1.29, 1.82) is 0 Å². The van der Waals surface area contributed by atoms with Crippen molar-refractivity contribution in [2.24, 2.45) is 29.6 Å². The maximum absolute atomic E-state index is 15.0. The van der Waals surface area contributed by atoms with Gasteiger partial charge >= 0.3 is 6.09 Å². The molecule has 124 heavy (non-hydrogen) atoms. The van der Waals surface area contributed by atoms with E-state index in [1.54, 1.807) is 111 Å². The lowest BCUT2D eigenvalue weighted by Gasteiger charge is -2.41. The summed E-state index contributed by atoms with van der Waals surface area (Å²) in [6, 6.07) is 10.3. The lowest BCUT2D eigenvalue weighted by Crippen LogP contribution is -2.60. The molecule has 0 spiro atoms. The topological polar surface area (TPSA) is 518 Å². The number of likely N-dealkylation sites (N-methyl/N-ethyl adjacent to an activating group) is 2. The van der Waals surface area contributed by atoms with Crippen molar-refractivity contribution in [3.63, 3.8) is 0 Å². The number of hydrogen-bond acceptors (Lipinski definition) is 27. The second kappa shape index (κ2) is 49.7. The normalized spacial score (nSPS) is 19.7. The number of aryl methyl sites for hydroxylation is 1. The van der Waals surface area contributed by atoms with Crippen molar-refractivity contribution < 1.29 is 120 Å². The number of methoxy groups -OCH3 is 2. The molecule has 0 saturated carbocycles. The van der Waals surface area contributed by atoms with Crippen LogP contribution in [0.1, 0.15) is 138 Å². The second-order valence-corrected chi connectivity index (χ2v) is 34.1. The molecule has 2 aliphatic rings. The van der Waals surface area contributed by atoms with Crippen LogP contribution < -0.4 is 47.4 Å². The maximum atomic E-state index is 15.0. The van der Waals surface area contributed by atoms with E-state index in [2.05, 4.69) is 47.6 Å². The molecule has 0 bridgehead atoms. The third kappa shape index (κ3) is 29.8. The first-order valence-electron chi connectivity index (χ1n) is 42.0. The Morgan fingerprint density at radius 1 is 0.710 bits per heavy atom. The Morgan fingerprint density at radius 2 is 1.38 bits per heavy atom. The first-order chi connectivity index (χ1) is 58.6. The van der Waals surface area contributed by atoms with Crippen LogP contribution >= 0.6 is 0 Å². The maximum Gasteiger partial charge on any atom is 0.410 e. The minimum Gasteiger partial charge on any atom is -0.460 e. The molecule has 18 atom stereocenters. The highest BCUT2D eigenvalue weighted by Crippen LogP contribution is 2.34. The van der Waals surface area contributed by atoms with Gasteiger partial charge < -0.3 is 110 Å². The fourth-order valence-corrected chi connectivity index (χ4v) is 15.7. The Kier molecular flexibility index (Phi) is 41.5.